The van der Waals surface area contributed by atoms with Crippen LogP contribution in [0.15, 0.2) is 0 Å². The second kappa shape index (κ2) is 15.1. The van der Waals surface area contributed by atoms with Gasteiger partial charge in [-0.05, 0) is 0 Å². The molecule has 0 fully saturated rings. The molecule has 0 aromatic carbocycles. The monoisotopic (exact) mass is 490 g/mol. The molecule has 0 saturated carbocycles. The zero-order valence-electron chi connectivity index (χ0n) is 9.06. The predicted octanol–water partition coefficient (Wildman–Crippen LogP) is -4.67. The van der Waals surface area contributed by atoms with Crippen molar-refractivity contribution in [1.29, 1.82) is 0 Å². The van der Waals surface area contributed by atoms with E-state index in [0.717, 1.165) is 0 Å². The summed E-state index contributed by atoms with van der Waals surface area (Å²) in [5, 5.41) is 0. The third-order valence-electron chi connectivity index (χ3n) is 0. The van der Waals surface area contributed by atoms with Gasteiger partial charge in [-0.3, -0.25) is 34.4 Å². The SMILES string of the molecule is O=S(=O)(O)O.O=S(=O)([O-])[O-].O=S(=O)([O-])[O-].O=S(=O)([O-])[O-].[Cr+3].[Cr+3]. The molecule has 0 amide bonds. The second-order valence-electron chi connectivity index (χ2n) is 1.67. The van der Waals surface area contributed by atoms with Gasteiger partial charge in [0.1, 0.15) is 0 Å². The molecule has 16 nitrogen and oxygen atoms in total. The maximum absolute atomic E-state index is 8.74. The van der Waals surface area contributed by atoms with E-state index in [1.807, 2.05) is 0 Å². The first-order valence-corrected chi connectivity index (χ1v) is 8.10. The van der Waals surface area contributed by atoms with Crippen LogP contribution in [0.1, 0.15) is 0 Å². The van der Waals surface area contributed by atoms with Crippen LogP contribution in [0.4, 0.5) is 0 Å². The van der Waals surface area contributed by atoms with E-state index in [9.17, 15) is 0 Å². The Hall–Kier alpha value is 0.545. The van der Waals surface area contributed by atoms with Crippen molar-refractivity contribution < 1.29 is 105 Å². The van der Waals surface area contributed by atoms with Crippen molar-refractivity contribution in [1.82, 2.24) is 0 Å². The van der Waals surface area contributed by atoms with Gasteiger partial charge in [0.2, 0.25) is 0 Å². The van der Waals surface area contributed by atoms with Crippen LogP contribution in [0.25, 0.3) is 0 Å². The third kappa shape index (κ3) is 26400. The summed E-state index contributed by atoms with van der Waals surface area (Å²) in [6.07, 6.45) is 0. The summed E-state index contributed by atoms with van der Waals surface area (Å²) >= 11 is 0. The normalized spacial score (nSPS) is 10.5. The van der Waals surface area contributed by atoms with Crippen molar-refractivity contribution in [3.05, 3.63) is 0 Å². The number of rotatable bonds is 0. The number of hydrogen-bond donors (Lipinski definition) is 2. The summed E-state index contributed by atoms with van der Waals surface area (Å²) in [5.41, 5.74) is 0. The van der Waals surface area contributed by atoms with Gasteiger partial charge in [-0.15, -0.1) is 0 Å². The minimum atomic E-state index is -5.17. The van der Waals surface area contributed by atoms with Crippen LogP contribution in [0.3, 0.4) is 0 Å². The quantitative estimate of drug-likeness (QED) is 0.238. The fraction of sp³-hybridized carbons (Fsp3) is 0. The summed E-state index contributed by atoms with van der Waals surface area (Å²) in [5.74, 6) is 0. The van der Waals surface area contributed by atoms with Crippen LogP contribution in [0, 0.1) is 0 Å². The van der Waals surface area contributed by atoms with Crippen molar-refractivity contribution in [2.45, 2.75) is 0 Å². The molecule has 22 heteroatoms. The van der Waals surface area contributed by atoms with Gasteiger partial charge in [0, 0.05) is 31.2 Å². The molecule has 0 unspecified atom stereocenters. The topological polar surface area (TPSA) is 315 Å². The summed E-state index contributed by atoms with van der Waals surface area (Å²) in [7, 11) is -20.2. The molecule has 0 rings (SSSR count). The predicted molar refractivity (Wildman–Crippen MR) is 45.6 cm³/mol. The molecule has 22 heavy (non-hydrogen) atoms. The van der Waals surface area contributed by atoms with Crippen molar-refractivity contribution >= 4 is 41.6 Å². The van der Waals surface area contributed by atoms with Crippen molar-refractivity contribution in [3.8, 4) is 0 Å². The second-order valence-corrected chi connectivity index (χ2v) is 5.02. The summed E-state index contributed by atoms with van der Waals surface area (Å²) in [6, 6.07) is 0. The summed E-state index contributed by atoms with van der Waals surface area (Å²) in [6.45, 7) is 0. The zero-order chi connectivity index (χ0) is 18.0. The van der Waals surface area contributed by atoms with E-state index < -0.39 is 41.6 Å². The molecule has 0 spiro atoms. The van der Waals surface area contributed by atoms with Gasteiger partial charge < -0.3 is 27.3 Å². The molecule has 0 bridgehead atoms. The van der Waals surface area contributed by atoms with E-state index in [1.54, 1.807) is 0 Å². The maximum Gasteiger partial charge on any atom is 3.00 e. The Balaban J connectivity index is -0.0000000376. The first-order valence-electron chi connectivity index (χ1n) is 2.70. The Bertz CT molecular complexity index is 477. The Morgan fingerprint density at radius 2 is 0.455 bits per heavy atom. The van der Waals surface area contributed by atoms with Gasteiger partial charge in [0.25, 0.3) is 0 Å². The van der Waals surface area contributed by atoms with Crippen LogP contribution in [-0.2, 0) is 76.3 Å². The van der Waals surface area contributed by atoms with E-state index >= 15 is 0 Å². The van der Waals surface area contributed by atoms with Crippen molar-refractivity contribution in [3.63, 3.8) is 0 Å². The molecule has 0 aliphatic heterocycles. The summed E-state index contributed by atoms with van der Waals surface area (Å²) in [4.78, 5) is 0. The first kappa shape index (κ1) is 38.2. The van der Waals surface area contributed by atoms with E-state index in [-0.39, 0.29) is 34.7 Å². The molecule has 134 valence electrons. The van der Waals surface area contributed by atoms with Gasteiger partial charge in [-0.2, -0.15) is 8.42 Å². The molecule has 0 heterocycles. The zero-order valence-corrected chi connectivity index (χ0v) is 14.9. The molecule has 2 N–H and O–H groups in total. The van der Waals surface area contributed by atoms with E-state index in [0.29, 0.717) is 0 Å². The number of hydrogen-bond acceptors (Lipinski definition) is 14. The molecule has 2 radical (unpaired) electrons. The van der Waals surface area contributed by atoms with Gasteiger partial charge in [0.15, 0.2) is 0 Å². The molecule has 0 aromatic rings. The Kier molecular flexibility index (Phi) is 26.2. The van der Waals surface area contributed by atoms with Crippen molar-refractivity contribution in [2.24, 2.45) is 0 Å². The fourth-order valence-corrected chi connectivity index (χ4v) is 0. The van der Waals surface area contributed by atoms with Gasteiger partial charge in [-0.1, -0.05) is 0 Å². The molecule has 0 saturated heterocycles. The Labute approximate surface area is 146 Å². The Morgan fingerprint density at radius 1 is 0.455 bits per heavy atom. The average Bonchev–Trinajstić information content (AvgIpc) is 1.62. The van der Waals surface area contributed by atoms with Gasteiger partial charge >= 0.3 is 45.1 Å². The molecular weight excluding hydrogens is 488 g/mol. The van der Waals surface area contributed by atoms with Crippen LogP contribution in [0.5, 0.6) is 0 Å². The van der Waals surface area contributed by atoms with Crippen LogP contribution < -0.4 is 0 Å². The first-order chi connectivity index (χ1) is 8.00. The van der Waals surface area contributed by atoms with Crippen molar-refractivity contribution in [2.75, 3.05) is 0 Å². The minimum absolute atomic E-state index is 0. The smallest absolute Gasteiger partial charge is 0.759 e. The van der Waals surface area contributed by atoms with Gasteiger partial charge in [0.05, 0.1) is 0 Å². The molecular formula is H2Cr2O16S4. The molecule has 0 aliphatic carbocycles. The largest absolute Gasteiger partial charge is 3.00 e. The Morgan fingerprint density at radius 3 is 0.455 bits per heavy atom. The van der Waals surface area contributed by atoms with E-state index in [4.69, 9.17) is 70.1 Å². The molecule has 0 aromatic heterocycles. The summed E-state index contributed by atoms with van der Waals surface area (Å²) < 4.78 is 134. The van der Waals surface area contributed by atoms with Crippen LogP contribution >= 0.6 is 0 Å². The standard InChI is InChI=1S/2Cr.4H2O4S/c;;4*1-5(2,3)4/h;;4*(H2,1,2,3,4)/q2*+3;;;;/p-6. The molecule has 0 aliphatic rings. The maximum atomic E-state index is 8.74. The minimum Gasteiger partial charge on any atom is -0.759 e. The fourth-order valence-electron chi connectivity index (χ4n) is 0. The van der Waals surface area contributed by atoms with E-state index in [1.165, 1.54) is 0 Å². The molecule has 0 atom stereocenters. The van der Waals surface area contributed by atoms with Crippen LogP contribution in [-0.4, -0.2) is 70.1 Å². The van der Waals surface area contributed by atoms with E-state index in [2.05, 4.69) is 0 Å². The average molecular weight is 490 g/mol. The van der Waals surface area contributed by atoms with Crippen LogP contribution in [0.2, 0.25) is 0 Å². The third-order valence-corrected chi connectivity index (χ3v) is 0. The van der Waals surface area contributed by atoms with Gasteiger partial charge in [-0.25, -0.2) is 0 Å².